The van der Waals surface area contributed by atoms with Crippen molar-refractivity contribution in [3.63, 3.8) is 0 Å². The third-order valence-electron chi connectivity index (χ3n) is 1.36. The van der Waals surface area contributed by atoms with Crippen molar-refractivity contribution in [3.8, 4) is 0 Å². The summed E-state index contributed by atoms with van der Waals surface area (Å²) in [6.07, 6.45) is -0.783. The highest BCUT2D eigenvalue weighted by Gasteiger charge is 2.43. The number of alkyl halides is 2. The van der Waals surface area contributed by atoms with Gasteiger partial charge in [-0.15, -0.1) is 0 Å². The summed E-state index contributed by atoms with van der Waals surface area (Å²) in [4.78, 5) is -0.377. The minimum atomic E-state index is -3.10. The average molecular weight is 294 g/mol. The monoisotopic (exact) mass is 292 g/mol. The van der Waals surface area contributed by atoms with Gasteiger partial charge in [-0.3, -0.25) is 0 Å². The van der Waals surface area contributed by atoms with Gasteiger partial charge in [0.15, 0.2) is 9.84 Å². The number of hydrogen-bond acceptors (Lipinski definition) is 3. The molecule has 0 bridgehead atoms. The molecular weight excluding hydrogens is 288 g/mol. The first-order valence-electron chi connectivity index (χ1n) is 2.63. The molecule has 1 fully saturated rings. The lowest BCUT2D eigenvalue weighted by Crippen LogP contribution is -2.19. The lowest BCUT2D eigenvalue weighted by molar-refractivity contribution is 0.208. The predicted molar refractivity (Wildman–Crippen MR) is 45.2 cm³/mol. The van der Waals surface area contributed by atoms with Crippen molar-refractivity contribution in [2.24, 2.45) is 0 Å². The van der Waals surface area contributed by atoms with Crippen LogP contribution in [-0.4, -0.2) is 34.4 Å². The van der Waals surface area contributed by atoms with Crippen LogP contribution < -0.4 is 0 Å². The van der Waals surface area contributed by atoms with Crippen LogP contribution in [0.25, 0.3) is 0 Å². The van der Waals surface area contributed by atoms with E-state index in [1.165, 1.54) is 0 Å². The standard InChI is InChI=1S/C4H6Br2O3S/c5-3-2(7)1-10(8,9)4(3)6/h2-4,7H,1H2/t2-,3+,4+/m1/s1. The third kappa shape index (κ3) is 1.39. The molecule has 6 heteroatoms. The van der Waals surface area contributed by atoms with Gasteiger partial charge in [0.05, 0.1) is 16.7 Å². The minimum absolute atomic E-state index is 0.154. The van der Waals surface area contributed by atoms with E-state index in [1.807, 2.05) is 0 Å². The molecule has 1 rings (SSSR count). The lowest BCUT2D eigenvalue weighted by Gasteiger charge is -2.05. The molecule has 10 heavy (non-hydrogen) atoms. The molecule has 0 spiro atoms. The average Bonchev–Trinajstić information content (AvgIpc) is 1.95. The topological polar surface area (TPSA) is 54.4 Å². The Morgan fingerprint density at radius 1 is 1.40 bits per heavy atom. The number of sulfone groups is 1. The molecule has 1 aliphatic heterocycles. The molecule has 0 unspecified atom stereocenters. The molecule has 3 nitrogen and oxygen atoms in total. The molecule has 0 radical (unpaired) electrons. The Hall–Kier alpha value is 0.870. The van der Waals surface area contributed by atoms with Crippen LogP contribution in [0.5, 0.6) is 0 Å². The Labute approximate surface area is 76.0 Å². The zero-order valence-electron chi connectivity index (χ0n) is 4.87. The van der Waals surface area contributed by atoms with Crippen molar-refractivity contribution in [1.82, 2.24) is 0 Å². The summed E-state index contributed by atoms with van der Waals surface area (Å²) in [7, 11) is -3.10. The maximum absolute atomic E-state index is 10.9. The van der Waals surface area contributed by atoms with Crippen LogP contribution in [0.15, 0.2) is 0 Å². The van der Waals surface area contributed by atoms with Crippen molar-refractivity contribution in [2.45, 2.75) is 15.1 Å². The van der Waals surface area contributed by atoms with Gasteiger partial charge in [-0.05, 0) is 0 Å². The van der Waals surface area contributed by atoms with Crippen LogP contribution in [0, 0.1) is 0 Å². The molecule has 0 aliphatic carbocycles. The SMILES string of the molecule is O=S1(=O)C[C@@H](O)[C@H](Br)[C@H]1Br. The fraction of sp³-hybridized carbons (Fsp3) is 1.00. The largest absolute Gasteiger partial charge is 0.391 e. The number of aliphatic hydroxyl groups excluding tert-OH is 1. The van der Waals surface area contributed by atoms with Gasteiger partial charge in [-0.2, -0.15) is 0 Å². The van der Waals surface area contributed by atoms with Gasteiger partial charge in [0.25, 0.3) is 0 Å². The molecule has 0 aromatic carbocycles. The van der Waals surface area contributed by atoms with E-state index in [0.717, 1.165) is 0 Å². The van der Waals surface area contributed by atoms with E-state index >= 15 is 0 Å². The molecule has 60 valence electrons. The van der Waals surface area contributed by atoms with E-state index < -0.39 is 20.1 Å². The molecule has 1 aliphatic rings. The Morgan fingerprint density at radius 3 is 2.00 bits per heavy atom. The molecule has 0 saturated carbocycles. The molecule has 3 atom stereocenters. The zero-order valence-corrected chi connectivity index (χ0v) is 8.86. The van der Waals surface area contributed by atoms with Crippen molar-refractivity contribution in [2.75, 3.05) is 5.75 Å². The van der Waals surface area contributed by atoms with Crippen molar-refractivity contribution in [1.29, 1.82) is 0 Å². The van der Waals surface area contributed by atoms with Crippen LogP contribution in [0.2, 0.25) is 0 Å². The number of aliphatic hydroxyl groups is 1. The Bertz CT molecular complexity index is 225. The summed E-state index contributed by atoms with van der Waals surface area (Å²) in [5.41, 5.74) is 0. The number of rotatable bonds is 0. The first-order chi connectivity index (χ1) is 4.45. The molecule has 1 N–H and O–H groups in total. The zero-order chi connectivity index (χ0) is 7.94. The van der Waals surface area contributed by atoms with E-state index in [1.54, 1.807) is 0 Å². The molecule has 1 heterocycles. The van der Waals surface area contributed by atoms with Gasteiger partial charge in [0.1, 0.15) is 4.16 Å². The molecule has 0 amide bonds. The minimum Gasteiger partial charge on any atom is -0.391 e. The number of halogens is 2. The van der Waals surface area contributed by atoms with Gasteiger partial charge in [0, 0.05) is 0 Å². The lowest BCUT2D eigenvalue weighted by atomic mass is 10.3. The van der Waals surface area contributed by atoms with Crippen LogP contribution in [0.3, 0.4) is 0 Å². The quantitative estimate of drug-likeness (QED) is 0.652. The van der Waals surface area contributed by atoms with Crippen LogP contribution >= 0.6 is 31.9 Å². The summed E-state index contributed by atoms with van der Waals surface area (Å²) < 4.78 is 21.2. The van der Waals surface area contributed by atoms with Gasteiger partial charge in [-0.1, -0.05) is 31.9 Å². The molecule has 0 aromatic rings. The van der Waals surface area contributed by atoms with E-state index in [0.29, 0.717) is 0 Å². The second kappa shape index (κ2) is 2.73. The van der Waals surface area contributed by atoms with Crippen LogP contribution in [0.1, 0.15) is 0 Å². The van der Waals surface area contributed by atoms with Gasteiger partial charge in [0.2, 0.25) is 0 Å². The highest BCUT2D eigenvalue weighted by atomic mass is 79.9. The highest BCUT2D eigenvalue weighted by molar-refractivity contribution is 9.13. The second-order valence-electron chi connectivity index (χ2n) is 2.19. The summed E-state index contributed by atoms with van der Waals surface area (Å²) in [6, 6.07) is 0. The summed E-state index contributed by atoms with van der Waals surface area (Å²) in [5, 5.41) is 9.05. The van der Waals surface area contributed by atoms with E-state index in [9.17, 15) is 8.42 Å². The van der Waals surface area contributed by atoms with E-state index in [4.69, 9.17) is 5.11 Å². The molecule has 1 saturated heterocycles. The van der Waals surface area contributed by atoms with Crippen molar-refractivity contribution >= 4 is 41.7 Å². The summed E-state index contributed by atoms with van der Waals surface area (Å²) >= 11 is 6.04. The fourth-order valence-corrected chi connectivity index (χ4v) is 4.47. The Balaban J connectivity index is 2.93. The fourth-order valence-electron chi connectivity index (χ4n) is 0.795. The second-order valence-corrected chi connectivity index (χ2v) is 7.01. The summed E-state index contributed by atoms with van der Waals surface area (Å²) in [6.45, 7) is 0. The predicted octanol–water partition coefficient (Wildman–Crippen LogP) is 0.260. The first kappa shape index (κ1) is 8.96. The first-order valence-corrected chi connectivity index (χ1v) is 6.17. The smallest absolute Gasteiger partial charge is 0.166 e. The number of hydrogen-bond donors (Lipinski definition) is 1. The molecular formula is C4H6Br2O3S. The maximum atomic E-state index is 10.9. The van der Waals surface area contributed by atoms with Crippen molar-refractivity contribution in [3.05, 3.63) is 0 Å². The van der Waals surface area contributed by atoms with Crippen molar-refractivity contribution < 1.29 is 13.5 Å². The van der Waals surface area contributed by atoms with Gasteiger partial charge in [-0.25, -0.2) is 8.42 Å². The van der Waals surface area contributed by atoms with Gasteiger partial charge >= 0.3 is 0 Å². The van der Waals surface area contributed by atoms with Crippen LogP contribution in [-0.2, 0) is 9.84 Å². The molecule has 0 aromatic heterocycles. The Kier molecular flexibility index (Phi) is 2.45. The van der Waals surface area contributed by atoms with Gasteiger partial charge < -0.3 is 5.11 Å². The normalized spacial score (nSPS) is 45.7. The highest BCUT2D eigenvalue weighted by Crippen LogP contribution is 2.31. The maximum Gasteiger partial charge on any atom is 0.166 e. The van der Waals surface area contributed by atoms with Crippen LogP contribution in [0.4, 0.5) is 0 Å². The van der Waals surface area contributed by atoms with E-state index in [-0.39, 0.29) is 10.6 Å². The summed E-state index contributed by atoms with van der Waals surface area (Å²) in [5.74, 6) is -0.154. The Morgan fingerprint density at radius 2 is 1.90 bits per heavy atom. The third-order valence-corrected chi connectivity index (χ3v) is 7.63. The van der Waals surface area contributed by atoms with E-state index in [2.05, 4.69) is 31.9 Å².